The van der Waals surface area contributed by atoms with Crippen molar-refractivity contribution in [3.8, 4) is 0 Å². The number of benzene rings is 1. The number of alkyl halides is 3. The lowest BCUT2D eigenvalue weighted by molar-refractivity contribution is -0.192. The first-order valence-corrected chi connectivity index (χ1v) is 12.8. The van der Waals surface area contributed by atoms with Gasteiger partial charge in [-0.25, -0.2) is 18.0 Å². The van der Waals surface area contributed by atoms with Gasteiger partial charge in [-0.1, -0.05) is 0 Å². The second-order valence-corrected chi connectivity index (χ2v) is 9.81. The SMILES string of the molecule is CCS(=O)(=O)Nc1ccc(N2CCN(CC(=O)NCCCOC)CC2)cc1C(=O)O.O=C(O)C(F)(F)F. The normalized spacial score (nSPS) is 14.4. The number of anilines is 2. The molecule has 0 atom stereocenters. The van der Waals surface area contributed by atoms with Gasteiger partial charge in [0.15, 0.2) is 0 Å². The highest BCUT2D eigenvalue weighted by atomic mass is 32.2. The van der Waals surface area contributed by atoms with Crippen molar-refractivity contribution in [2.45, 2.75) is 19.5 Å². The van der Waals surface area contributed by atoms with E-state index >= 15 is 0 Å². The van der Waals surface area contributed by atoms with Crippen molar-refractivity contribution < 1.29 is 50.9 Å². The number of nitrogens with one attached hydrogen (secondary N) is 2. The summed E-state index contributed by atoms with van der Waals surface area (Å²) in [6.45, 7) is 5.59. The molecule has 0 unspecified atom stereocenters. The number of sulfonamides is 1. The fraction of sp³-hybridized carbons (Fsp3) is 0.571. The molecule has 37 heavy (non-hydrogen) atoms. The molecule has 1 saturated heterocycles. The number of piperazine rings is 1. The highest BCUT2D eigenvalue weighted by molar-refractivity contribution is 7.92. The summed E-state index contributed by atoms with van der Waals surface area (Å²) in [6, 6.07) is 4.66. The highest BCUT2D eigenvalue weighted by Gasteiger charge is 2.38. The van der Waals surface area contributed by atoms with Crippen LogP contribution in [0.2, 0.25) is 0 Å². The van der Waals surface area contributed by atoms with Crippen LogP contribution in [0, 0.1) is 0 Å². The van der Waals surface area contributed by atoms with E-state index in [0.29, 0.717) is 51.6 Å². The number of halogens is 3. The van der Waals surface area contributed by atoms with Crippen LogP contribution in [-0.4, -0.2) is 106 Å². The third kappa shape index (κ3) is 11.7. The number of aliphatic carboxylic acids is 1. The van der Waals surface area contributed by atoms with Crippen molar-refractivity contribution >= 4 is 39.2 Å². The largest absolute Gasteiger partial charge is 0.490 e. The number of rotatable bonds is 11. The van der Waals surface area contributed by atoms with Gasteiger partial charge in [-0.15, -0.1) is 0 Å². The van der Waals surface area contributed by atoms with Gasteiger partial charge in [0.2, 0.25) is 15.9 Å². The molecular weight excluding hydrogens is 525 g/mol. The minimum absolute atomic E-state index is 0.0275. The second-order valence-electron chi connectivity index (χ2n) is 7.80. The van der Waals surface area contributed by atoms with Gasteiger partial charge < -0.3 is 25.2 Å². The van der Waals surface area contributed by atoms with Crippen molar-refractivity contribution in [3.63, 3.8) is 0 Å². The first kappa shape index (κ1) is 31.9. The van der Waals surface area contributed by atoms with E-state index in [1.807, 2.05) is 9.80 Å². The average molecular weight is 557 g/mol. The van der Waals surface area contributed by atoms with Crippen molar-refractivity contribution in [3.05, 3.63) is 23.8 Å². The standard InChI is InChI=1S/C19H30N4O6S.C2HF3O2/c1-3-30(27,28)21-17-6-5-15(13-16(17)19(25)26)23-10-8-22(9-11-23)14-18(24)20-7-4-12-29-2;3-2(4,5)1(6)7/h5-6,13,21H,3-4,7-12,14H2,1-2H3,(H,20,24)(H,25,26);(H,6,7). The third-order valence-electron chi connectivity index (χ3n) is 5.07. The minimum Gasteiger partial charge on any atom is -0.478 e. The second kappa shape index (κ2) is 14.6. The van der Waals surface area contributed by atoms with Crippen LogP contribution < -0.4 is 14.9 Å². The topological polar surface area (TPSA) is 166 Å². The number of carbonyl (C=O) groups is 3. The fourth-order valence-corrected chi connectivity index (χ4v) is 3.76. The summed E-state index contributed by atoms with van der Waals surface area (Å²) >= 11 is 0. The molecule has 1 aromatic rings. The Bertz CT molecular complexity index is 1030. The molecule has 0 bridgehead atoms. The maximum Gasteiger partial charge on any atom is 0.490 e. The molecule has 1 fully saturated rings. The quantitative estimate of drug-likeness (QED) is 0.290. The maximum atomic E-state index is 12.0. The van der Waals surface area contributed by atoms with Gasteiger partial charge in [0.25, 0.3) is 0 Å². The summed E-state index contributed by atoms with van der Waals surface area (Å²) in [5.74, 6) is -4.13. The van der Waals surface area contributed by atoms with Crippen molar-refractivity contribution in [1.29, 1.82) is 0 Å². The number of nitrogens with zero attached hydrogens (tertiary/aromatic N) is 2. The van der Waals surface area contributed by atoms with E-state index in [2.05, 4.69) is 10.0 Å². The zero-order chi connectivity index (χ0) is 28.2. The Morgan fingerprint density at radius 1 is 1.11 bits per heavy atom. The number of carboxylic acids is 2. The summed E-state index contributed by atoms with van der Waals surface area (Å²) in [5, 5.41) is 19.5. The van der Waals surface area contributed by atoms with Crippen LogP contribution in [0.15, 0.2) is 18.2 Å². The minimum atomic E-state index is -5.08. The molecule has 0 spiro atoms. The van der Waals surface area contributed by atoms with Crippen molar-refractivity contribution in [2.75, 3.05) is 68.4 Å². The van der Waals surface area contributed by atoms with Gasteiger partial charge in [0, 0.05) is 52.1 Å². The number of hydrogen-bond acceptors (Lipinski definition) is 8. The molecule has 1 amide bonds. The molecule has 12 nitrogen and oxygen atoms in total. The van der Waals surface area contributed by atoms with Crippen molar-refractivity contribution in [2.24, 2.45) is 0 Å². The predicted molar refractivity (Wildman–Crippen MR) is 128 cm³/mol. The Morgan fingerprint density at radius 2 is 1.70 bits per heavy atom. The smallest absolute Gasteiger partial charge is 0.478 e. The lowest BCUT2D eigenvalue weighted by atomic mass is 10.1. The fourth-order valence-electron chi connectivity index (χ4n) is 3.10. The van der Waals surface area contributed by atoms with Gasteiger partial charge in [-0.3, -0.25) is 14.4 Å². The molecule has 0 aliphatic carbocycles. The molecule has 1 aromatic carbocycles. The summed E-state index contributed by atoms with van der Waals surface area (Å²) < 4.78 is 62.6. The Kier molecular flexibility index (Phi) is 12.6. The van der Waals surface area contributed by atoms with Crippen LogP contribution in [0.25, 0.3) is 0 Å². The lowest BCUT2D eigenvalue weighted by Crippen LogP contribution is -2.49. The Balaban J connectivity index is 0.000000856. The molecule has 2 rings (SSSR count). The number of carboxylic acid groups (broad SMARTS) is 2. The molecule has 210 valence electrons. The predicted octanol–water partition coefficient (Wildman–Crippen LogP) is 1.05. The summed E-state index contributed by atoms with van der Waals surface area (Å²) in [7, 11) is -1.95. The van der Waals surface area contributed by atoms with Crippen LogP contribution in [0.1, 0.15) is 23.7 Å². The number of amides is 1. The summed E-state index contributed by atoms with van der Waals surface area (Å²) in [4.78, 5) is 36.6. The van der Waals surface area contributed by atoms with E-state index in [-0.39, 0.29) is 22.9 Å². The van der Waals surface area contributed by atoms with Crippen LogP contribution in [-0.2, 0) is 24.3 Å². The van der Waals surface area contributed by atoms with E-state index in [1.165, 1.54) is 19.1 Å². The van der Waals surface area contributed by atoms with Gasteiger partial charge in [-0.05, 0) is 31.5 Å². The third-order valence-corrected chi connectivity index (χ3v) is 6.36. The van der Waals surface area contributed by atoms with Gasteiger partial charge in [0.05, 0.1) is 23.5 Å². The zero-order valence-corrected chi connectivity index (χ0v) is 21.2. The van der Waals surface area contributed by atoms with E-state index in [9.17, 15) is 36.3 Å². The summed E-state index contributed by atoms with van der Waals surface area (Å²) in [6.07, 6.45) is -4.31. The van der Waals surface area contributed by atoms with Gasteiger partial charge in [0.1, 0.15) is 0 Å². The van der Waals surface area contributed by atoms with Crippen LogP contribution >= 0.6 is 0 Å². The van der Waals surface area contributed by atoms with Crippen LogP contribution in [0.4, 0.5) is 24.5 Å². The molecule has 1 aliphatic heterocycles. The molecule has 1 aliphatic rings. The highest BCUT2D eigenvalue weighted by Crippen LogP contribution is 2.25. The molecule has 0 aromatic heterocycles. The first-order chi connectivity index (χ1) is 17.2. The van der Waals surface area contributed by atoms with E-state index in [1.54, 1.807) is 13.2 Å². The molecular formula is C21H31F3N4O8S. The monoisotopic (exact) mass is 556 g/mol. The molecule has 1 heterocycles. The van der Waals surface area contributed by atoms with Gasteiger partial charge >= 0.3 is 18.1 Å². The van der Waals surface area contributed by atoms with Gasteiger partial charge in [-0.2, -0.15) is 13.2 Å². The number of aromatic carboxylic acids is 1. The Labute approximate surface area is 212 Å². The maximum absolute atomic E-state index is 12.0. The van der Waals surface area contributed by atoms with E-state index in [0.717, 1.165) is 6.42 Å². The molecule has 0 radical (unpaired) electrons. The molecule has 0 saturated carbocycles. The van der Waals surface area contributed by atoms with Crippen molar-refractivity contribution in [1.82, 2.24) is 10.2 Å². The number of ether oxygens (including phenoxy) is 1. The Morgan fingerprint density at radius 3 is 2.19 bits per heavy atom. The first-order valence-electron chi connectivity index (χ1n) is 11.1. The lowest BCUT2D eigenvalue weighted by Gasteiger charge is -2.36. The average Bonchev–Trinajstić information content (AvgIpc) is 2.82. The molecule has 4 N–H and O–H groups in total. The van der Waals surface area contributed by atoms with Crippen LogP contribution in [0.3, 0.4) is 0 Å². The number of hydrogen-bond donors (Lipinski definition) is 4. The number of methoxy groups -OCH3 is 1. The molecule has 16 heteroatoms. The van der Waals surface area contributed by atoms with E-state index in [4.69, 9.17) is 14.6 Å². The zero-order valence-electron chi connectivity index (χ0n) is 20.4. The Hall–Kier alpha value is -3.11. The number of carbonyl (C=O) groups excluding carboxylic acids is 1. The van der Waals surface area contributed by atoms with E-state index < -0.39 is 28.1 Å². The summed E-state index contributed by atoms with van der Waals surface area (Å²) in [5.41, 5.74) is 0.662. The van der Waals surface area contributed by atoms with Crippen LogP contribution in [0.5, 0.6) is 0 Å².